The van der Waals surface area contributed by atoms with Crippen LogP contribution < -0.4 is 14.8 Å². The molecule has 0 aliphatic heterocycles. The Morgan fingerprint density at radius 1 is 1.32 bits per heavy atom. The first kappa shape index (κ1) is 17.9. The molecular formula is C15H18F3NO3. The van der Waals surface area contributed by atoms with Gasteiger partial charge in [0.15, 0.2) is 11.5 Å². The van der Waals surface area contributed by atoms with Crippen molar-refractivity contribution in [1.29, 1.82) is 0 Å². The highest BCUT2D eigenvalue weighted by Gasteiger charge is 2.27. The van der Waals surface area contributed by atoms with E-state index >= 15 is 0 Å². The van der Waals surface area contributed by atoms with Crippen molar-refractivity contribution >= 4 is 12.0 Å². The number of hydrogen-bond acceptors (Lipinski definition) is 3. The molecule has 1 rings (SSSR count). The number of ether oxygens (including phenoxy) is 2. The van der Waals surface area contributed by atoms with E-state index in [0.29, 0.717) is 23.7 Å². The van der Waals surface area contributed by atoms with Gasteiger partial charge in [0.1, 0.15) is 6.54 Å². The van der Waals surface area contributed by atoms with Crippen molar-refractivity contribution in [3.05, 3.63) is 29.8 Å². The van der Waals surface area contributed by atoms with E-state index in [1.165, 1.54) is 13.2 Å². The summed E-state index contributed by atoms with van der Waals surface area (Å²) in [6.07, 6.45) is -1.14. The van der Waals surface area contributed by atoms with Gasteiger partial charge in [0.2, 0.25) is 5.91 Å². The summed E-state index contributed by atoms with van der Waals surface area (Å²) in [5.41, 5.74) is 0.614. The molecule has 1 amide bonds. The van der Waals surface area contributed by atoms with Gasteiger partial charge in [-0.2, -0.15) is 13.2 Å². The molecule has 0 aliphatic carbocycles. The van der Waals surface area contributed by atoms with E-state index in [0.717, 1.165) is 12.5 Å². The molecule has 0 radical (unpaired) electrons. The van der Waals surface area contributed by atoms with Crippen molar-refractivity contribution in [3.8, 4) is 11.5 Å². The summed E-state index contributed by atoms with van der Waals surface area (Å²) in [5.74, 6) is 0.247. The van der Waals surface area contributed by atoms with Crippen LogP contribution >= 0.6 is 0 Å². The summed E-state index contributed by atoms with van der Waals surface area (Å²) in [6, 6.07) is 5.00. The maximum absolute atomic E-state index is 12.0. The number of rotatable bonds is 7. The van der Waals surface area contributed by atoms with Gasteiger partial charge in [-0.1, -0.05) is 13.0 Å². The fourth-order valence-electron chi connectivity index (χ4n) is 1.54. The molecule has 0 fully saturated rings. The van der Waals surface area contributed by atoms with E-state index in [1.54, 1.807) is 23.5 Å². The summed E-state index contributed by atoms with van der Waals surface area (Å²) >= 11 is 0. The zero-order valence-electron chi connectivity index (χ0n) is 12.4. The second-order valence-corrected chi connectivity index (χ2v) is 4.43. The van der Waals surface area contributed by atoms with Crippen molar-refractivity contribution < 1.29 is 27.4 Å². The zero-order chi connectivity index (χ0) is 16.6. The van der Waals surface area contributed by atoms with Crippen LogP contribution in [0.2, 0.25) is 0 Å². The topological polar surface area (TPSA) is 47.6 Å². The van der Waals surface area contributed by atoms with E-state index in [1.807, 2.05) is 6.92 Å². The molecule has 7 heteroatoms. The van der Waals surface area contributed by atoms with Gasteiger partial charge in [0.05, 0.1) is 13.7 Å². The average molecular weight is 317 g/mol. The highest BCUT2D eigenvalue weighted by atomic mass is 19.4. The van der Waals surface area contributed by atoms with Crippen LogP contribution in [0.3, 0.4) is 0 Å². The monoisotopic (exact) mass is 317 g/mol. The fraction of sp³-hybridized carbons (Fsp3) is 0.400. The first-order chi connectivity index (χ1) is 10.4. The molecule has 1 aromatic carbocycles. The molecule has 122 valence electrons. The number of carbonyl (C=O) groups excluding carboxylic acids is 1. The normalized spacial score (nSPS) is 11.5. The predicted octanol–water partition coefficient (Wildman–Crippen LogP) is 3.18. The molecule has 0 spiro atoms. The lowest BCUT2D eigenvalue weighted by Crippen LogP contribution is -2.32. The molecule has 1 aromatic rings. The third-order valence-corrected chi connectivity index (χ3v) is 2.54. The van der Waals surface area contributed by atoms with Crippen molar-refractivity contribution in [1.82, 2.24) is 5.32 Å². The van der Waals surface area contributed by atoms with Crippen molar-refractivity contribution in [2.75, 3.05) is 20.3 Å². The van der Waals surface area contributed by atoms with Crippen molar-refractivity contribution in [2.24, 2.45) is 0 Å². The van der Waals surface area contributed by atoms with Crippen LogP contribution in [0.15, 0.2) is 24.3 Å². The Balaban J connectivity index is 2.69. The number of hydrogen-bond donors (Lipinski definition) is 1. The van der Waals surface area contributed by atoms with Crippen LogP contribution in [0.4, 0.5) is 13.2 Å². The van der Waals surface area contributed by atoms with Gasteiger partial charge in [-0.15, -0.1) is 0 Å². The van der Waals surface area contributed by atoms with Crippen LogP contribution in [0, 0.1) is 0 Å². The number of amides is 1. The standard InChI is InChI=1S/C15H18F3NO3/c1-3-8-22-12-6-4-11(9-13(12)21-2)5-7-14(20)19-10-15(16,17)18/h4-7,9H,3,8,10H2,1-2H3,(H,19,20)/b7-5+. The Hall–Kier alpha value is -2.18. The Labute approximate surface area is 126 Å². The van der Waals surface area contributed by atoms with Gasteiger partial charge < -0.3 is 14.8 Å². The Morgan fingerprint density at radius 3 is 2.64 bits per heavy atom. The van der Waals surface area contributed by atoms with E-state index in [-0.39, 0.29) is 0 Å². The molecule has 0 aliphatic rings. The summed E-state index contributed by atoms with van der Waals surface area (Å²) in [7, 11) is 1.48. The largest absolute Gasteiger partial charge is 0.493 e. The molecule has 0 saturated carbocycles. The fourth-order valence-corrected chi connectivity index (χ4v) is 1.54. The van der Waals surface area contributed by atoms with Gasteiger partial charge in [-0.3, -0.25) is 4.79 Å². The van der Waals surface area contributed by atoms with Crippen molar-refractivity contribution in [2.45, 2.75) is 19.5 Å². The molecular weight excluding hydrogens is 299 g/mol. The highest BCUT2D eigenvalue weighted by molar-refractivity contribution is 5.91. The summed E-state index contributed by atoms with van der Waals surface area (Å²) < 4.78 is 46.5. The third kappa shape index (κ3) is 6.51. The van der Waals surface area contributed by atoms with Crippen LogP contribution in [0.5, 0.6) is 11.5 Å². The molecule has 4 nitrogen and oxygen atoms in total. The zero-order valence-corrected chi connectivity index (χ0v) is 12.4. The molecule has 0 aromatic heterocycles. The summed E-state index contributed by atoms with van der Waals surface area (Å²) in [6.45, 7) is 1.16. The first-order valence-corrected chi connectivity index (χ1v) is 6.69. The number of halogens is 3. The third-order valence-electron chi connectivity index (χ3n) is 2.54. The lowest BCUT2D eigenvalue weighted by molar-refractivity contribution is -0.135. The maximum atomic E-state index is 12.0. The van der Waals surface area contributed by atoms with Gasteiger partial charge in [0.25, 0.3) is 0 Å². The van der Waals surface area contributed by atoms with E-state index in [4.69, 9.17) is 9.47 Å². The minimum absolute atomic E-state index is 0.492. The minimum Gasteiger partial charge on any atom is -0.493 e. The predicted molar refractivity (Wildman–Crippen MR) is 76.9 cm³/mol. The van der Waals surface area contributed by atoms with Crippen LogP contribution in [-0.2, 0) is 4.79 Å². The van der Waals surface area contributed by atoms with Crippen LogP contribution in [0.1, 0.15) is 18.9 Å². The van der Waals surface area contributed by atoms with E-state index < -0.39 is 18.6 Å². The smallest absolute Gasteiger partial charge is 0.405 e. The Kier molecular flexibility index (Phi) is 6.75. The van der Waals surface area contributed by atoms with E-state index in [9.17, 15) is 18.0 Å². The van der Waals surface area contributed by atoms with Crippen LogP contribution in [-0.4, -0.2) is 32.3 Å². The molecule has 0 atom stereocenters. The molecule has 0 bridgehead atoms. The Bertz CT molecular complexity index is 527. The Morgan fingerprint density at radius 2 is 2.05 bits per heavy atom. The number of benzene rings is 1. The lowest BCUT2D eigenvalue weighted by Gasteiger charge is -2.10. The summed E-state index contributed by atoms with van der Waals surface area (Å²) in [4.78, 5) is 11.3. The second kappa shape index (κ2) is 8.31. The number of methoxy groups -OCH3 is 1. The SMILES string of the molecule is CCCOc1ccc(/C=C/C(=O)NCC(F)(F)F)cc1OC. The molecule has 1 N–H and O–H groups in total. The minimum atomic E-state index is -4.43. The van der Waals surface area contributed by atoms with Gasteiger partial charge in [-0.05, 0) is 30.2 Å². The first-order valence-electron chi connectivity index (χ1n) is 6.69. The van der Waals surface area contributed by atoms with Gasteiger partial charge in [0, 0.05) is 6.08 Å². The quantitative estimate of drug-likeness (QED) is 0.786. The number of carbonyl (C=O) groups is 1. The number of alkyl halides is 3. The van der Waals surface area contributed by atoms with Crippen LogP contribution in [0.25, 0.3) is 6.08 Å². The molecule has 0 unspecified atom stereocenters. The number of nitrogens with one attached hydrogen (secondary N) is 1. The lowest BCUT2D eigenvalue weighted by atomic mass is 10.2. The summed E-state index contributed by atoms with van der Waals surface area (Å²) in [5, 5.41) is 1.75. The maximum Gasteiger partial charge on any atom is 0.405 e. The van der Waals surface area contributed by atoms with Crippen molar-refractivity contribution in [3.63, 3.8) is 0 Å². The average Bonchev–Trinajstić information content (AvgIpc) is 2.48. The van der Waals surface area contributed by atoms with Gasteiger partial charge in [-0.25, -0.2) is 0 Å². The molecule has 22 heavy (non-hydrogen) atoms. The van der Waals surface area contributed by atoms with Gasteiger partial charge >= 0.3 is 6.18 Å². The molecule has 0 saturated heterocycles. The molecule has 0 heterocycles. The highest BCUT2D eigenvalue weighted by Crippen LogP contribution is 2.28. The second-order valence-electron chi connectivity index (χ2n) is 4.43. The van der Waals surface area contributed by atoms with E-state index in [2.05, 4.69) is 0 Å².